The highest BCUT2D eigenvalue weighted by Crippen LogP contribution is 2.46. The standard InChI is InChI=1S/C23H21N3O6/c1-30-16-11-7-10-15(20(16)27)26-19(23(29)32-3)18(22(28)31-2)17(14(12-24)21(26)25)13-8-5-4-6-9-13/h4-11,17,27H,25H2,1-3H3. The number of nitrogens with two attached hydrogens (primary N) is 1. The van der Waals surface area contributed by atoms with Gasteiger partial charge in [-0.3, -0.25) is 4.90 Å². The van der Waals surface area contributed by atoms with E-state index in [4.69, 9.17) is 19.9 Å². The molecule has 164 valence electrons. The van der Waals surface area contributed by atoms with Crippen molar-refractivity contribution in [2.75, 3.05) is 26.2 Å². The van der Waals surface area contributed by atoms with Gasteiger partial charge in [-0.05, 0) is 17.7 Å². The van der Waals surface area contributed by atoms with Crippen LogP contribution in [0.2, 0.25) is 0 Å². The van der Waals surface area contributed by atoms with Crippen molar-refractivity contribution in [3.05, 3.63) is 76.8 Å². The van der Waals surface area contributed by atoms with Gasteiger partial charge in [0.1, 0.15) is 11.5 Å². The minimum absolute atomic E-state index is 0.00790. The summed E-state index contributed by atoms with van der Waals surface area (Å²) in [7, 11) is 3.66. The van der Waals surface area contributed by atoms with Crippen LogP contribution in [0, 0.1) is 11.3 Å². The van der Waals surface area contributed by atoms with Gasteiger partial charge in [0.15, 0.2) is 11.5 Å². The summed E-state index contributed by atoms with van der Waals surface area (Å²) in [6, 6.07) is 15.2. The van der Waals surface area contributed by atoms with Gasteiger partial charge in [-0.15, -0.1) is 0 Å². The van der Waals surface area contributed by atoms with Gasteiger partial charge in [0.2, 0.25) is 0 Å². The Bertz CT molecular complexity index is 1160. The molecule has 1 unspecified atom stereocenters. The van der Waals surface area contributed by atoms with E-state index in [1.807, 2.05) is 6.07 Å². The number of anilines is 1. The lowest BCUT2D eigenvalue weighted by molar-refractivity contribution is -0.139. The van der Waals surface area contributed by atoms with Crippen LogP contribution in [0.1, 0.15) is 11.5 Å². The fraction of sp³-hybridized carbons (Fsp3) is 0.174. The van der Waals surface area contributed by atoms with Crippen LogP contribution in [-0.4, -0.2) is 38.4 Å². The molecule has 0 aromatic heterocycles. The largest absolute Gasteiger partial charge is 0.503 e. The SMILES string of the molecule is COC(=O)C1=C(C(=O)OC)N(c2cccc(OC)c2O)C(N)=C(C#N)C1c1ccccc1. The van der Waals surface area contributed by atoms with E-state index >= 15 is 0 Å². The first-order chi connectivity index (χ1) is 15.4. The highest BCUT2D eigenvalue weighted by atomic mass is 16.5. The van der Waals surface area contributed by atoms with Gasteiger partial charge in [0.05, 0.1) is 50.2 Å². The van der Waals surface area contributed by atoms with Crippen molar-refractivity contribution in [3.8, 4) is 17.6 Å². The second-order valence-electron chi connectivity index (χ2n) is 6.66. The van der Waals surface area contributed by atoms with Gasteiger partial charge >= 0.3 is 11.9 Å². The Balaban J connectivity index is 2.45. The number of allylic oxidation sites excluding steroid dienone is 1. The Morgan fingerprint density at radius 2 is 1.69 bits per heavy atom. The molecular weight excluding hydrogens is 414 g/mol. The van der Waals surface area contributed by atoms with Crippen LogP contribution in [0.4, 0.5) is 5.69 Å². The van der Waals surface area contributed by atoms with E-state index in [2.05, 4.69) is 0 Å². The molecule has 1 aliphatic rings. The number of methoxy groups -OCH3 is 3. The lowest BCUT2D eigenvalue weighted by Crippen LogP contribution is -2.40. The third-order valence-corrected chi connectivity index (χ3v) is 5.05. The van der Waals surface area contributed by atoms with E-state index in [-0.39, 0.29) is 39.9 Å². The minimum atomic E-state index is -0.994. The van der Waals surface area contributed by atoms with Crippen molar-refractivity contribution in [2.45, 2.75) is 5.92 Å². The highest BCUT2D eigenvalue weighted by Gasteiger charge is 2.43. The number of carbonyl (C=O) groups is 2. The van der Waals surface area contributed by atoms with Crippen molar-refractivity contribution in [1.82, 2.24) is 0 Å². The summed E-state index contributed by atoms with van der Waals surface area (Å²) >= 11 is 0. The van der Waals surface area contributed by atoms with Crippen molar-refractivity contribution >= 4 is 17.6 Å². The molecule has 1 aliphatic heterocycles. The van der Waals surface area contributed by atoms with Crippen LogP contribution >= 0.6 is 0 Å². The van der Waals surface area contributed by atoms with Crippen LogP contribution in [0.15, 0.2) is 71.2 Å². The van der Waals surface area contributed by atoms with E-state index in [0.717, 1.165) is 19.1 Å². The molecule has 3 rings (SSSR count). The number of carbonyl (C=O) groups excluding carboxylic acids is 2. The van der Waals surface area contributed by atoms with E-state index in [0.29, 0.717) is 5.56 Å². The molecular formula is C23H21N3O6. The number of hydrogen-bond donors (Lipinski definition) is 2. The number of phenolic OH excluding ortho intramolecular Hbond substituents is 1. The maximum atomic E-state index is 13.0. The zero-order valence-electron chi connectivity index (χ0n) is 17.7. The molecule has 0 amide bonds. The summed E-state index contributed by atoms with van der Waals surface area (Å²) < 4.78 is 15.1. The second kappa shape index (κ2) is 9.14. The molecule has 0 saturated heterocycles. The molecule has 0 bridgehead atoms. The van der Waals surface area contributed by atoms with E-state index in [1.165, 1.54) is 19.2 Å². The number of aromatic hydroxyl groups is 1. The number of nitriles is 1. The summed E-state index contributed by atoms with van der Waals surface area (Å²) in [5.74, 6) is -3.16. The first-order valence-corrected chi connectivity index (χ1v) is 9.42. The average molecular weight is 435 g/mol. The van der Waals surface area contributed by atoms with Gasteiger partial charge in [-0.1, -0.05) is 36.4 Å². The number of nitrogens with zero attached hydrogens (tertiary/aromatic N) is 2. The molecule has 1 heterocycles. The Hall–Kier alpha value is -4.45. The topological polar surface area (TPSA) is 135 Å². The van der Waals surface area contributed by atoms with E-state index in [1.54, 1.807) is 36.4 Å². The molecule has 3 N–H and O–H groups in total. The molecule has 0 spiro atoms. The maximum Gasteiger partial charge on any atom is 0.355 e. The molecule has 2 aromatic carbocycles. The number of phenols is 1. The Morgan fingerprint density at radius 1 is 1.03 bits per heavy atom. The summed E-state index contributed by atoms with van der Waals surface area (Å²) in [4.78, 5) is 27.0. The molecule has 32 heavy (non-hydrogen) atoms. The monoisotopic (exact) mass is 435 g/mol. The molecule has 0 fully saturated rings. The van der Waals surface area contributed by atoms with Gasteiger partial charge < -0.3 is 25.1 Å². The summed E-state index contributed by atoms with van der Waals surface area (Å²) in [6.45, 7) is 0. The fourth-order valence-corrected chi connectivity index (χ4v) is 3.62. The van der Waals surface area contributed by atoms with Crippen LogP contribution in [-0.2, 0) is 19.1 Å². The number of benzene rings is 2. The zero-order chi connectivity index (χ0) is 23.4. The number of esters is 2. The van der Waals surface area contributed by atoms with Crippen molar-refractivity contribution in [1.29, 1.82) is 5.26 Å². The predicted octanol–water partition coefficient (Wildman–Crippen LogP) is 2.30. The van der Waals surface area contributed by atoms with E-state index in [9.17, 15) is 20.0 Å². The first kappa shape index (κ1) is 22.2. The van der Waals surface area contributed by atoms with Crippen molar-refractivity contribution < 1.29 is 28.9 Å². The zero-order valence-corrected chi connectivity index (χ0v) is 17.7. The minimum Gasteiger partial charge on any atom is -0.503 e. The average Bonchev–Trinajstić information content (AvgIpc) is 2.83. The lowest BCUT2D eigenvalue weighted by atomic mass is 9.81. The van der Waals surface area contributed by atoms with Gasteiger partial charge in [-0.2, -0.15) is 5.26 Å². The summed E-state index contributed by atoms with van der Waals surface area (Å²) in [5.41, 5.74) is 6.49. The van der Waals surface area contributed by atoms with Crippen LogP contribution in [0.25, 0.3) is 0 Å². The predicted molar refractivity (Wildman–Crippen MR) is 114 cm³/mol. The highest BCUT2D eigenvalue weighted by molar-refractivity contribution is 6.06. The van der Waals surface area contributed by atoms with E-state index < -0.39 is 17.9 Å². The quantitative estimate of drug-likeness (QED) is 0.678. The third-order valence-electron chi connectivity index (χ3n) is 5.05. The molecule has 9 nitrogen and oxygen atoms in total. The van der Waals surface area contributed by atoms with Crippen LogP contribution in [0.3, 0.4) is 0 Å². The molecule has 0 saturated carbocycles. The second-order valence-corrected chi connectivity index (χ2v) is 6.66. The number of ether oxygens (including phenoxy) is 3. The Kier molecular flexibility index (Phi) is 6.35. The lowest BCUT2D eigenvalue weighted by Gasteiger charge is -2.36. The van der Waals surface area contributed by atoms with Gasteiger partial charge in [0, 0.05) is 0 Å². The first-order valence-electron chi connectivity index (χ1n) is 9.42. The molecule has 0 aliphatic carbocycles. The fourth-order valence-electron chi connectivity index (χ4n) is 3.62. The smallest absolute Gasteiger partial charge is 0.355 e. The molecule has 1 atom stereocenters. The normalized spacial score (nSPS) is 15.8. The molecule has 2 aromatic rings. The Morgan fingerprint density at radius 3 is 2.25 bits per heavy atom. The summed E-state index contributed by atoms with van der Waals surface area (Å²) in [5, 5.41) is 20.7. The van der Waals surface area contributed by atoms with Crippen molar-refractivity contribution in [2.24, 2.45) is 5.73 Å². The van der Waals surface area contributed by atoms with Crippen LogP contribution in [0.5, 0.6) is 11.5 Å². The molecule has 9 heteroatoms. The summed E-state index contributed by atoms with van der Waals surface area (Å²) in [6.07, 6.45) is 0. The Labute approximate surface area is 184 Å². The third kappa shape index (κ3) is 3.58. The maximum absolute atomic E-state index is 13.0. The van der Waals surface area contributed by atoms with Gasteiger partial charge in [0.25, 0.3) is 0 Å². The number of hydrogen-bond acceptors (Lipinski definition) is 9. The van der Waals surface area contributed by atoms with Crippen molar-refractivity contribution in [3.63, 3.8) is 0 Å². The number of rotatable bonds is 5. The van der Waals surface area contributed by atoms with Crippen LogP contribution < -0.4 is 15.4 Å². The molecule has 0 radical (unpaired) electrons. The van der Waals surface area contributed by atoms with Gasteiger partial charge in [-0.25, -0.2) is 9.59 Å². The number of para-hydroxylation sites is 1.